The van der Waals surface area contributed by atoms with Gasteiger partial charge in [0.2, 0.25) is 0 Å². The molecule has 0 spiro atoms. The first-order valence-electron chi connectivity index (χ1n) is 6.51. The second kappa shape index (κ2) is 7.04. The quantitative estimate of drug-likeness (QED) is 0.886. The maximum atomic E-state index is 13.8. The van der Waals surface area contributed by atoms with Crippen molar-refractivity contribution in [2.75, 3.05) is 14.2 Å². The summed E-state index contributed by atoms with van der Waals surface area (Å²) in [5.74, 6) is 0.0166. The van der Waals surface area contributed by atoms with Gasteiger partial charge in [0.1, 0.15) is 29.7 Å². The molecule has 0 unspecified atom stereocenters. The summed E-state index contributed by atoms with van der Waals surface area (Å²) in [4.78, 5) is 0. The number of hydrogen-bond acceptors (Lipinski definition) is 3. The number of hydrogen-bond donors (Lipinski definition) is 1. The van der Waals surface area contributed by atoms with Crippen molar-refractivity contribution in [3.8, 4) is 11.5 Å². The molecule has 2 aromatic rings. The minimum absolute atomic E-state index is 0.0261. The minimum Gasteiger partial charge on any atom is -0.497 e. The molecule has 21 heavy (non-hydrogen) atoms. The molecule has 0 aliphatic rings. The largest absolute Gasteiger partial charge is 0.497 e. The molecule has 0 saturated carbocycles. The number of methoxy groups -OCH3 is 1. The molecular formula is C16H17F2NO2. The average molecular weight is 293 g/mol. The van der Waals surface area contributed by atoms with Crippen molar-refractivity contribution in [2.45, 2.75) is 13.2 Å². The number of rotatable bonds is 6. The van der Waals surface area contributed by atoms with Crippen LogP contribution >= 0.6 is 0 Å². The lowest BCUT2D eigenvalue weighted by atomic mass is 10.2. The van der Waals surface area contributed by atoms with E-state index in [4.69, 9.17) is 9.47 Å². The van der Waals surface area contributed by atoms with Crippen molar-refractivity contribution in [2.24, 2.45) is 0 Å². The van der Waals surface area contributed by atoms with Gasteiger partial charge < -0.3 is 14.8 Å². The van der Waals surface area contributed by atoms with E-state index in [2.05, 4.69) is 5.32 Å². The molecular weight excluding hydrogens is 276 g/mol. The lowest BCUT2D eigenvalue weighted by Crippen LogP contribution is -2.06. The predicted molar refractivity (Wildman–Crippen MR) is 76.4 cm³/mol. The molecule has 0 fully saturated rings. The zero-order valence-corrected chi connectivity index (χ0v) is 12.0. The van der Waals surface area contributed by atoms with E-state index in [-0.39, 0.29) is 12.4 Å². The highest BCUT2D eigenvalue weighted by atomic mass is 19.1. The summed E-state index contributed by atoms with van der Waals surface area (Å²) in [7, 11) is 3.25. The molecule has 0 aliphatic carbocycles. The van der Waals surface area contributed by atoms with Crippen molar-refractivity contribution in [3.63, 3.8) is 0 Å². The van der Waals surface area contributed by atoms with Crippen LogP contribution in [0.25, 0.3) is 0 Å². The molecule has 0 saturated heterocycles. The third-order valence-electron chi connectivity index (χ3n) is 2.97. The predicted octanol–water partition coefficient (Wildman–Crippen LogP) is 3.27. The average Bonchev–Trinajstić information content (AvgIpc) is 2.45. The highest BCUT2D eigenvalue weighted by Gasteiger charge is 2.06. The molecule has 0 amide bonds. The van der Waals surface area contributed by atoms with Crippen LogP contribution in [0, 0.1) is 11.6 Å². The highest BCUT2D eigenvalue weighted by molar-refractivity contribution is 5.31. The Kier molecular flexibility index (Phi) is 5.11. The number of nitrogens with one attached hydrogen (secondary N) is 1. The lowest BCUT2D eigenvalue weighted by Gasteiger charge is -2.10. The van der Waals surface area contributed by atoms with Crippen molar-refractivity contribution in [3.05, 3.63) is 59.2 Å². The minimum atomic E-state index is -0.416. The van der Waals surface area contributed by atoms with Gasteiger partial charge in [0.05, 0.1) is 7.11 Å². The van der Waals surface area contributed by atoms with Gasteiger partial charge in [0, 0.05) is 24.2 Å². The van der Waals surface area contributed by atoms with Gasteiger partial charge in [-0.15, -0.1) is 0 Å². The van der Waals surface area contributed by atoms with Gasteiger partial charge in [-0.05, 0) is 36.9 Å². The van der Waals surface area contributed by atoms with Crippen LogP contribution in [0.1, 0.15) is 11.1 Å². The molecule has 0 atom stereocenters. The fourth-order valence-corrected chi connectivity index (χ4v) is 1.94. The third kappa shape index (κ3) is 4.16. The first-order valence-corrected chi connectivity index (χ1v) is 6.51. The van der Waals surface area contributed by atoms with E-state index in [1.54, 1.807) is 25.2 Å². The Morgan fingerprint density at radius 3 is 2.52 bits per heavy atom. The van der Waals surface area contributed by atoms with E-state index in [1.165, 1.54) is 25.3 Å². The molecule has 0 bridgehead atoms. The van der Waals surface area contributed by atoms with E-state index < -0.39 is 5.82 Å². The molecule has 0 heterocycles. The molecule has 5 heteroatoms. The smallest absolute Gasteiger partial charge is 0.133 e. The van der Waals surface area contributed by atoms with Crippen molar-refractivity contribution in [1.29, 1.82) is 0 Å². The summed E-state index contributed by atoms with van der Waals surface area (Å²) < 4.78 is 37.6. The molecule has 2 rings (SSSR count). The van der Waals surface area contributed by atoms with E-state index in [0.717, 1.165) is 5.56 Å². The number of ether oxygens (including phenoxy) is 2. The van der Waals surface area contributed by atoms with E-state index in [1.807, 2.05) is 0 Å². The first-order chi connectivity index (χ1) is 10.1. The van der Waals surface area contributed by atoms with Gasteiger partial charge in [-0.3, -0.25) is 0 Å². The van der Waals surface area contributed by atoms with Crippen molar-refractivity contribution in [1.82, 2.24) is 5.32 Å². The number of halogens is 2. The summed E-state index contributed by atoms with van der Waals surface area (Å²) in [6, 6.07) is 8.96. The van der Waals surface area contributed by atoms with Crippen LogP contribution in [-0.2, 0) is 13.2 Å². The molecule has 0 aliphatic heterocycles. The van der Waals surface area contributed by atoms with Gasteiger partial charge in [-0.1, -0.05) is 0 Å². The monoisotopic (exact) mass is 293 g/mol. The molecule has 2 aromatic carbocycles. The lowest BCUT2D eigenvalue weighted by molar-refractivity contribution is 0.297. The van der Waals surface area contributed by atoms with Crippen LogP contribution in [0.4, 0.5) is 8.78 Å². The summed E-state index contributed by atoms with van der Waals surface area (Å²) in [6.45, 7) is 0.559. The molecule has 0 aromatic heterocycles. The SMILES string of the molecule is CNCc1cc(F)cc(OCc2ccc(OC)cc2F)c1. The Labute approximate surface area is 122 Å². The van der Waals surface area contributed by atoms with Gasteiger partial charge in [-0.25, -0.2) is 8.78 Å². The normalized spacial score (nSPS) is 10.5. The Morgan fingerprint density at radius 2 is 1.86 bits per heavy atom. The fourth-order valence-electron chi connectivity index (χ4n) is 1.94. The van der Waals surface area contributed by atoms with Crippen LogP contribution in [0.5, 0.6) is 11.5 Å². The Morgan fingerprint density at radius 1 is 1.05 bits per heavy atom. The zero-order valence-electron chi connectivity index (χ0n) is 12.0. The van der Waals surface area contributed by atoms with E-state index in [0.29, 0.717) is 23.6 Å². The first kappa shape index (κ1) is 15.3. The van der Waals surface area contributed by atoms with E-state index >= 15 is 0 Å². The van der Waals surface area contributed by atoms with Crippen LogP contribution in [0.2, 0.25) is 0 Å². The van der Waals surface area contributed by atoms with Gasteiger partial charge in [0.25, 0.3) is 0 Å². The maximum Gasteiger partial charge on any atom is 0.133 e. The van der Waals surface area contributed by atoms with Crippen molar-refractivity contribution >= 4 is 0 Å². The molecule has 0 radical (unpaired) electrons. The zero-order chi connectivity index (χ0) is 15.2. The summed E-state index contributed by atoms with van der Waals surface area (Å²) in [5.41, 5.74) is 1.15. The highest BCUT2D eigenvalue weighted by Crippen LogP contribution is 2.20. The second-order valence-electron chi connectivity index (χ2n) is 4.57. The Bertz CT molecular complexity index is 617. The molecule has 3 nitrogen and oxygen atoms in total. The van der Waals surface area contributed by atoms with Gasteiger partial charge in [0.15, 0.2) is 0 Å². The Balaban J connectivity index is 2.09. The molecule has 112 valence electrons. The van der Waals surface area contributed by atoms with Crippen LogP contribution in [0.3, 0.4) is 0 Å². The van der Waals surface area contributed by atoms with Gasteiger partial charge in [-0.2, -0.15) is 0 Å². The summed E-state index contributed by atoms with van der Waals surface area (Å²) >= 11 is 0. The van der Waals surface area contributed by atoms with Crippen LogP contribution in [0.15, 0.2) is 36.4 Å². The fraction of sp³-hybridized carbons (Fsp3) is 0.250. The van der Waals surface area contributed by atoms with E-state index in [9.17, 15) is 8.78 Å². The van der Waals surface area contributed by atoms with Crippen LogP contribution < -0.4 is 14.8 Å². The standard InChI is InChI=1S/C16H17F2NO2/c1-19-9-11-5-13(17)7-15(6-11)21-10-12-3-4-14(20-2)8-16(12)18/h3-8,19H,9-10H2,1-2H3. The van der Waals surface area contributed by atoms with Crippen molar-refractivity contribution < 1.29 is 18.3 Å². The topological polar surface area (TPSA) is 30.5 Å². The second-order valence-corrected chi connectivity index (χ2v) is 4.57. The van der Waals surface area contributed by atoms with Crippen LogP contribution in [-0.4, -0.2) is 14.2 Å². The summed E-state index contributed by atoms with van der Waals surface area (Å²) in [5, 5.41) is 2.94. The number of benzene rings is 2. The third-order valence-corrected chi connectivity index (χ3v) is 2.97. The van der Waals surface area contributed by atoms with Gasteiger partial charge >= 0.3 is 0 Å². The molecule has 1 N–H and O–H groups in total. The Hall–Kier alpha value is -2.14. The summed E-state index contributed by atoms with van der Waals surface area (Å²) in [6.07, 6.45) is 0. The maximum absolute atomic E-state index is 13.8.